The van der Waals surface area contributed by atoms with Crippen molar-refractivity contribution in [3.05, 3.63) is 10.6 Å². The molecule has 5 nitrogen and oxygen atoms in total. The quantitative estimate of drug-likeness (QED) is 0.868. The molecule has 0 saturated carbocycles. The minimum Gasteiger partial charge on any atom is -0.481 e. The second-order valence-electron chi connectivity index (χ2n) is 5.03. The smallest absolute Gasteiger partial charge is 0.303 e. The van der Waals surface area contributed by atoms with Crippen molar-refractivity contribution < 1.29 is 9.90 Å². The van der Waals surface area contributed by atoms with Crippen molar-refractivity contribution in [3.8, 4) is 0 Å². The van der Waals surface area contributed by atoms with Gasteiger partial charge in [0.2, 0.25) is 0 Å². The fraction of sp³-hybridized carbons (Fsp3) is 0.714. The number of piperazine rings is 1. The maximum absolute atomic E-state index is 10.7. The summed E-state index contributed by atoms with van der Waals surface area (Å²) in [6.45, 7) is 9.59. The van der Waals surface area contributed by atoms with Crippen molar-refractivity contribution in [2.45, 2.75) is 33.1 Å². The highest BCUT2D eigenvalue weighted by atomic mass is 32.1. The molecule has 0 radical (unpaired) electrons. The van der Waals surface area contributed by atoms with E-state index in [0.29, 0.717) is 6.42 Å². The highest BCUT2D eigenvalue weighted by Crippen LogP contribution is 2.28. The van der Waals surface area contributed by atoms with Crippen molar-refractivity contribution in [2.75, 3.05) is 37.6 Å². The van der Waals surface area contributed by atoms with E-state index in [0.717, 1.165) is 54.8 Å². The summed E-state index contributed by atoms with van der Waals surface area (Å²) in [5.41, 5.74) is 1.07. The molecule has 0 aromatic carbocycles. The second-order valence-corrected chi connectivity index (χ2v) is 6.10. The molecule has 2 rings (SSSR count). The molecule has 0 spiro atoms. The number of rotatable bonds is 6. The molecule has 1 aliphatic rings. The average molecular weight is 297 g/mol. The number of aryl methyl sites for hydroxylation is 2. The van der Waals surface area contributed by atoms with Crippen LogP contribution in [-0.4, -0.2) is 53.7 Å². The molecule has 6 heteroatoms. The summed E-state index contributed by atoms with van der Waals surface area (Å²) in [4.78, 5) is 21.3. The molecule has 0 aliphatic carbocycles. The van der Waals surface area contributed by atoms with Gasteiger partial charge >= 0.3 is 5.97 Å². The summed E-state index contributed by atoms with van der Waals surface area (Å²) in [6, 6.07) is 0. The second kappa shape index (κ2) is 7.04. The lowest BCUT2D eigenvalue weighted by Crippen LogP contribution is -2.46. The number of hydrogen-bond acceptors (Lipinski definition) is 5. The van der Waals surface area contributed by atoms with Crippen LogP contribution in [0.4, 0.5) is 5.13 Å². The number of carboxylic acid groups (broad SMARTS) is 1. The van der Waals surface area contributed by atoms with Crippen LogP contribution in [0.1, 0.15) is 30.8 Å². The Morgan fingerprint density at radius 2 is 2.00 bits per heavy atom. The lowest BCUT2D eigenvalue weighted by atomic mass is 10.2. The molecule has 2 heterocycles. The van der Waals surface area contributed by atoms with Crippen LogP contribution in [0.15, 0.2) is 0 Å². The molecule has 1 N–H and O–H groups in total. The molecular weight excluding hydrogens is 274 g/mol. The lowest BCUT2D eigenvalue weighted by molar-refractivity contribution is -0.136. The Morgan fingerprint density at radius 3 is 2.55 bits per heavy atom. The van der Waals surface area contributed by atoms with E-state index < -0.39 is 5.97 Å². The number of likely N-dealkylation sites (N-methyl/N-ethyl adjacent to an activating group) is 1. The van der Waals surface area contributed by atoms with Gasteiger partial charge in [-0.15, -0.1) is 11.3 Å². The SMILES string of the molecule is CCc1nc(N2CCN(CC)CC2)sc1CCC(=O)O. The van der Waals surface area contributed by atoms with Crippen LogP contribution in [0.25, 0.3) is 0 Å². The van der Waals surface area contributed by atoms with Crippen LogP contribution in [0.5, 0.6) is 0 Å². The zero-order valence-corrected chi connectivity index (χ0v) is 13.1. The van der Waals surface area contributed by atoms with E-state index >= 15 is 0 Å². The predicted octanol–water partition coefficient (Wildman–Crippen LogP) is 1.86. The van der Waals surface area contributed by atoms with Gasteiger partial charge in [-0.1, -0.05) is 13.8 Å². The van der Waals surface area contributed by atoms with E-state index in [-0.39, 0.29) is 6.42 Å². The third kappa shape index (κ3) is 3.70. The predicted molar refractivity (Wildman–Crippen MR) is 81.8 cm³/mol. The maximum atomic E-state index is 10.7. The highest BCUT2D eigenvalue weighted by Gasteiger charge is 2.20. The summed E-state index contributed by atoms with van der Waals surface area (Å²) in [5.74, 6) is -0.737. The largest absolute Gasteiger partial charge is 0.481 e. The average Bonchev–Trinajstić information content (AvgIpc) is 2.88. The van der Waals surface area contributed by atoms with E-state index in [2.05, 4.69) is 23.6 Å². The number of thiazole rings is 1. The maximum Gasteiger partial charge on any atom is 0.303 e. The van der Waals surface area contributed by atoms with Crippen molar-refractivity contribution in [3.63, 3.8) is 0 Å². The van der Waals surface area contributed by atoms with Crippen LogP contribution >= 0.6 is 11.3 Å². The lowest BCUT2D eigenvalue weighted by Gasteiger charge is -2.33. The first-order chi connectivity index (χ1) is 9.63. The normalized spacial score (nSPS) is 16.6. The van der Waals surface area contributed by atoms with Crippen LogP contribution < -0.4 is 4.90 Å². The van der Waals surface area contributed by atoms with Gasteiger partial charge in [-0.3, -0.25) is 4.79 Å². The highest BCUT2D eigenvalue weighted by molar-refractivity contribution is 7.15. The van der Waals surface area contributed by atoms with Crippen LogP contribution in [-0.2, 0) is 17.6 Å². The number of hydrogen-bond donors (Lipinski definition) is 1. The molecule has 112 valence electrons. The summed E-state index contributed by atoms with van der Waals surface area (Å²) in [6.07, 6.45) is 1.67. The molecule has 1 saturated heterocycles. The summed E-state index contributed by atoms with van der Waals surface area (Å²) < 4.78 is 0. The van der Waals surface area contributed by atoms with Crippen LogP contribution in [0.2, 0.25) is 0 Å². The first-order valence-electron chi connectivity index (χ1n) is 7.31. The molecule has 1 aromatic heterocycles. The Hall–Kier alpha value is -1.14. The first-order valence-corrected chi connectivity index (χ1v) is 8.13. The van der Waals surface area contributed by atoms with E-state index in [1.165, 1.54) is 0 Å². The van der Waals surface area contributed by atoms with Crippen LogP contribution in [0.3, 0.4) is 0 Å². The van der Waals surface area contributed by atoms with E-state index in [9.17, 15) is 4.79 Å². The van der Waals surface area contributed by atoms with Crippen molar-refractivity contribution in [2.24, 2.45) is 0 Å². The van der Waals surface area contributed by atoms with Gasteiger partial charge in [-0.2, -0.15) is 0 Å². The van der Waals surface area contributed by atoms with Gasteiger partial charge in [0, 0.05) is 31.1 Å². The van der Waals surface area contributed by atoms with Gasteiger partial charge < -0.3 is 14.9 Å². The zero-order chi connectivity index (χ0) is 14.5. The fourth-order valence-electron chi connectivity index (χ4n) is 2.45. The van der Waals surface area contributed by atoms with Gasteiger partial charge in [0.25, 0.3) is 0 Å². The van der Waals surface area contributed by atoms with Gasteiger partial charge in [-0.05, 0) is 19.4 Å². The Balaban J connectivity index is 2.03. The third-order valence-corrected chi connectivity index (χ3v) is 4.98. The molecule has 0 amide bonds. The Bertz CT molecular complexity index is 453. The number of anilines is 1. The first kappa shape index (κ1) is 15.3. The number of carbonyl (C=O) groups is 1. The monoisotopic (exact) mass is 297 g/mol. The molecule has 20 heavy (non-hydrogen) atoms. The molecule has 1 aliphatic heterocycles. The standard InChI is InChI=1S/C14H23N3O2S/c1-3-11-12(5-6-13(18)19)20-14(15-11)17-9-7-16(4-2)8-10-17/h3-10H2,1-2H3,(H,18,19). The summed E-state index contributed by atoms with van der Waals surface area (Å²) >= 11 is 1.67. The minimum atomic E-state index is -0.737. The topological polar surface area (TPSA) is 56.7 Å². The van der Waals surface area contributed by atoms with Crippen molar-refractivity contribution in [1.29, 1.82) is 0 Å². The Morgan fingerprint density at radius 1 is 1.30 bits per heavy atom. The number of aliphatic carboxylic acids is 1. The van der Waals surface area contributed by atoms with Gasteiger partial charge in [0.05, 0.1) is 12.1 Å². The zero-order valence-electron chi connectivity index (χ0n) is 12.3. The number of aromatic nitrogens is 1. The van der Waals surface area contributed by atoms with Crippen LogP contribution in [0, 0.1) is 0 Å². The van der Waals surface area contributed by atoms with E-state index in [1.54, 1.807) is 11.3 Å². The van der Waals surface area contributed by atoms with E-state index in [4.69, 9.17) is 10.1 Å². The van der Waals surface area contributed by atoms with Gasteiger partial charge in [0.1, 0.15) is 0 Å². The summed E-state index contributed by atoms with van der Waals surface area (Å²) in [7, 11) is 0. The molecule has 0 atom stereocenters. The molecule has 0 bridgehead atoms. The third-order valence-electron chi connectivity index (χ3n) is 3.76. The minimum absolute atomic E-state index is 0.193. The summed E-state index contributed by atoms with van der Waals surface area (Å²) in [5, 5.41) is 9.89. The Labute approximate surface area is 124 Å². The molecule has 1 aromatic rings. The Kier molecular flexibility index (Phi) is 5.37. The molecule has 0 unspecified atom stereocenters. The van der Waals surface area contributed by atoms with E-state index in [1.807, 2.05) is 0 Å². The fourth-order valence-corrected chi connectivity index (χ4v) is 3.65. The number of carboxylic acids is 1. The molecule has 1 fully saturated rings. The van der Waals surface area contributed by atoms with Crippen molar-refractivity contribution in [1.82, 2.24) is 9.88 Å². The van der Waals surface area contributed by atoms with Gasteiger partial charge in [-0.25, -0.2) is 4.98 Å². The molecular formula is C14H23N3O2S. The number of nitrogens with zero attached hydrogens (tertiary/aromatic N) is 3. The van der Waals surface area contributed by atoms with Crippen molar-refractivity contribution >= 4 is 22.4 Å². The van der Waals surface area contributed by atoms with Gasteiger partial charge in [0.15, 0.2) is 5.13 Å².